The monoisotopic (exact) mass is 424 g/mol. The number of methoxy groups -OCH3 is 1. The molecule has 2 aromatic rings. The number of hydrogen-bond acceptors (Lipinski definition) is 6. The Morgan fingerprint density at radius 3 is 2.45 bits per heavy atom. The number of amides is 1. The molecule has 1 atom stereocenters. The number of hydrogen-bond donors (Lipinski definition) is 2. The zero-order valence-electron chi connectivity index (χ0n) is 18.0. The molecular formula is C24H28N2O5. The molecule has 0 bridgehead atoms. The number of ketones is 1. The van der Waals surface area contributed by atoms with Crippen LogP contribution in [0.5, 0.6) is 11.5 Å². The Balaban J connectivity index is 2.11. The Morgan fingerprint density at radius 2 is 1.81 bits per heavy atom. The van der Waals surface area contributed by atoms with E-state index in [1.807, 2.05) is 13.8 Å². The Kier molecular flexibility index (Phi) is 6.97. The molecule has 0 radical (unpaired) electrons. The first-order valence-electron chi connectivity index (χ1n) is 10.3. The number of likely N-dealkylation sites (tertiary alicyclic amines) is 1. The zero-order valence-corrected chi connectivity index (χ0v) is 18.0. The maximum absolute atomic E-state index is 13.0. The molecule has 31 heavy (non-hydrogen) atoms. The Bertz CT molecular complexity index is 997. The van der Waals surface area contributed by atoms with Crippen LogP contribution in [0.3, 0.4) is 0 Å². The first kappa shape index (κ1) is 22.4. The molecule has 0 spiro atoms. The molecular weight excluding hydrogens is 396 g/mol. The average molecular weight is 424 g/mol. The first-order valence-corrected chi connectivity index (χ1v) is 10.3. The quantitative estimate of drug-likeness (QED) is 0.384. The number of likely N-dealkylation sites (N-methyl/N-ethyl adjacent to an activating group) is 1. The number of ether oxygens (including phenoxy) is 1. The minimum absolute atomic E-state index is 0.00315. The van der Waals surface area contributed by atoms with Crippen LogP contribution in [0.1, 0.15) is 31.0 Å². The van der Waals surface area contributed by atoms with Gasteiger partial charge in [0.05, 0.1) is 18.7 Å². The molecule has 1 fully saturated rings. The number of carbonyl (C=O) groups is 2. The Hall–Kier alpha value is -3.32. The molecule has 1 unspecified atom stereocenters. The molecule has 164 valence electrons. The largest absolute Gasteiger partial charge is 0.508 e. The number of aliphatic hydroxyl groups is 1. The summed E-state index contributed by atoms with van der Waals surface area (Å²) in [6.07, 6.45) is 0. The molecule has 1 aliphatic heterocycles. The molecule has 0 aliphatic carbocycles. The second kappa shape index (κ2) is 9.66. The fourth-order valence-electron chi connectivity index (χ4n) is 3.87. The number of Topliss-reactive ketones (excluding diaryl/α,β-unsaturated/α-hetero) is 1. The lowest BCUT2D eigenvalue weighted by Gasteiger charge is -2.28. The lowest BCUT2D eigenvalue weighted by Crippen LogP contribution is -2.38. The van der Waals surface area contributed by atoms with Gasteiger partial charge in [0.1, 0.15) is 17.3 Å². The van der Waals surface area contributed by atoms with E-state index in [-0.39, 0.29) is 17.1 Å². The van der Waals surface area contributed by atoms with Crippen LogP contribution in [0.15, 0.2) is 54.1 Å². The predicted molar refractivity (Wildman–Crippen MR) is 118 cm³/mol. The van der Waals surface area contributed by atoms with Gasteiger partial charge in [-0.05, 0) is 42.9 Å². The summed E-state index contributed by atoms with van der Waals surface area (Å²) in [6.45, 7) is 6.62. The minimum Gasteiger partial charge on any atom is -0.508 e. The van der Waals surface area contributed by atoms with E-state index in [0.717, 1.165) is 13.1 Å². The highest BCUT2D eigenvalue weighted by atomic mass is 16.5. The number of benzene rings is 2. The van der Waals surface area contributed by atoms with E-state index in [1.165, 1.54) is 24.1 Å². The van der Waals surface area contributed by atoms with Crippen molar-refractivity contribution in [3.05, 3.63) is 65.2 Å². The molecule has 2 N–H and O–H groups in total. The highest BCUT2D eigenvalue weighted by molar-refractivity contribution is 6.46. The van der Waals surface area contributed by atoms with Crippen LogP contribution in [0.4, 0.5) is 0 Å². The van der Waals surface area contributed by atoms with Crippen LogP contribution in [-0.4, -0.2) is 65.0 Å². The van der Waals surface area contributed by atoms with E-state index >= 15 is 0 Å². The third-order valence-corrected chi connectivity index (χ3v) is 5.62. The van der Waals surface area contributed by atoms with Crippen molar-refractivity contribution in [2.24, 2.45) is 0 Å². The number of aromatic hydroxyl groups is 1. The summed E-state index contributed by atoms with van der Waals surface area (Å²) in [6, 6.07) is 12.3. The number of carbonyl (C=O) groups excluding carboxylic acids is 2. The molecule has 1 saturated heterocycles. The molecule has 0 saturated carbocycles. The van der Waals surface area contributed by atoms with Crippen molar-refractivity contribution in [3.63, 3.8) is 0 Å². The van der Waals surface area contributed by atoms with Gasteiger partial charge in [0.2, 0.25) is 0 Å². The van der Waals surface area contributed by atoms with Crippen molar-refractivity contribution >= 4 is 17.4 Å². The topological polar surface area (TPSA) is 90.3 Å². The van der Waals surface area contributed by atoms with Crippen LogP contribution in [0.25, 0.3) is 5.76 Å². The SMILES string of the molecule is CCN(CC)CCN1C(=O)C(=O)C(=C(O)c2cccc(OC)c2)C1c1cccc(O)c1. The fourth-order valence-corrected chi connectivity index (χ4v) is 3.87. The average Bonchev–Trinajstić information content (AvgIpc) is 3.04. The smallest absolute Gasteiger partial charge is 0.295 e. The molecule has 1 aliphatic rings. The van der Waals surface area contributed by atoms with E-state index < -0.39 is 17.7 Å². The predicted octanol–water partition coefficient (Wildman–Crippen LogP) is 3.16. The van der Waals surface area contributed by atoms with Gasteiger partial charge in [-0.15, -0.1) is 0 Å². The van der Waals surface area contributed by atoms with Crippen molar-refractivity contribution in [2.75, 3.05) is 33.3 Å². The first-order chi connectivity index (χ1) is 14.9. The highest BCUT2D eigenvalue weighted by Crippen LogP contribution is 2.40. The minimum atomic E-state index is -0.797. The van der Waals surface area contributed by atoms with E-state index in [4.69, 9.17) is 4.74 Å². The highest BCUT2D eigenvalue weighted by Gasteiger charge is 2.46. The van der Waals surface area contributed by atoms with Crippen LogP contribution < -0.4 is 4.74 Å². The van der Waals surface area contributed by atoms with E-state index in [1.54, 1.807) is 36.4 Å². The standard InChI is InChI=1S/C24H28N2O5/c1-4-25(5-2)12-13-26-21(16-8-6-10-18(27)14-16)20(23(29)24(26)30)22(28)17-9-7-11-19(15-17)31-3/h6-11,14-15,21,27-28H,4-5,12-13H2,1-3H3. The third-order valence-electron chi connectivity index (χ3n) is 5.62. The van der Waals surface area contributed by atoms with Gasteiger partial charge in [-0.3, -0.25) is 9.59 Å². The fraction of sp³-hybridized carbons (Fsp3) is 0.333. The van der Waals surface area contributed by atoms with E-state index in [0.29, 0.717) is 30.0 Å². The lowest BCUT2D eigenvalue weighted by atomic mass is 9.95. The summed E-state index contributed by atoms with van der Waals surface area (Å²) in [5.74, 6) is -1.13. The van der Waals surface area contributed by atoms with Crippen molar-refractivity contribution in [3.8, 4) is 11.5 Å². The number of aliphatic hydroxyl groups excluding tert-OH is 1. The van der Waals surface area contributed by atoms with Crippen molar-refractivity contribution in [2.45, 2.75) is 19.9 Å². The zero-order chi connectivity index (χ0) is 22.5. The molecule has 2 aromatic carbocycles. The summed E-state index contributed by atoms with van der Waals surface area (Å²) >= 11 is 0. The maximum atomic E-state index is 13.0. The Labute approximate surface area is 182 Å². The van der Waals surface area contributed by atoms with Gasteiger partial charge in [-0.25, -0.2) is 0 Å². The van der Waals surface area contributed by atoms with Gasteiger partial charge in [-0.2, -0.15) is 0 Å². The number of rotatable bonds is 8. The van der Waals surface area contributed by atoms with E-state index in [9.17, 15) is 19.8 Å². The van der Waals surface area contributed by atoms with Crippen LogP contribution >= 0.6 is 0 Å². The van der Waals surface area contributed by atoms with Gasteiger partial charge < -0.3 is 24.7 Å². The molecule has 7 nitrogen and oxygen atoms in total. The summed E-state index contributed by atoms with van der Waals surface area (Å²) in [5.41, 5.74) is 0.942. The molecule has 1 amide bonds. The summed E-state index contributed by atoms with van der Waals surface area (Å²) in [4.78, 5) is 29.6. The van der Waals surface area contributed by atoms with Gasteiger partial charge in [0.25, 0.3) is 11.7 Å². The van der Waals surface area contributed by atoms with Crippen molar-refractivity contribution in [1.82, 2.24) is 9.80 Å². The Morgan fingerprint density at radius 1 is 1.10 bits per heavy atom. The maximum Gasteiger partial charge on any atom is 0.295 e. The third kappa shape index (κ3) is 4.56. The molecule has 0 aromatic heterocycles. The lowest BCUT2D eigenvalue weighted by molar-refractivity contribution is -0.140. The number of nitrogens with zero attached hydrogens (tertiary/aromatic N) is 2. The molecule has 1 heterocycles. The van der Waals surface area contributed by atoms with Crippen LogP contribution in [0, 0.1) is 0 Å². The van der Waals surface area contributed by atoms with Gasteiger partial charge in [0.15, 0.2) is 0 Å². The number of phenolic OH excluding ortho intramolecular Hbond substituents is 1. The van der Waals surface area contributed by atoms with Crippen molar-refractivity contribution in [1.29, 1.82) is 0 Å². The molecule has 7 heteroatoms. The van der Waals surface area contributed by atoms with E-state index in [2.05, 4.69) is 4.90 Å². The summed E-state index contributed by atoms with van der Waals surface area (Å²) in [5, 5.41) is 21.1. The summed E-state index contributed by atoms with van der Waals surface area (Å²) in [7, 11) is 1.51. The normalized spacial score (nSPS) is 18.1. The van der Waals surface area contributed by atoms with Crippen LogP contribution in [-0.2, 0) is 9.59 Å². The van der Waals surface area contributed by atoms with Gasteiger partial charge >= 0.3 is 0 Å². The van der Waals surface area contributed by atoms with Crippen LogP contribution in [0.2, 0.25) is 0 Å². The second-order valence-electron chi connectivity index (χ2n) is 7.35. The summed E-state index contributed by atoms with van der Waals surface area (Å²) < 4.78 is 5.22. The number of phenols is 1. The van der Waals surface area contributed by atoms with Gasteiger partial charge in [0, 0.05) is 18.7 Å². The van der Waals surface area contributed by atoms with Gasteiger partial charge in [-0.1, -0.05) is 38.1 Å². The van der Waals surface area contributed by atoms with Crippen molar-refractivity contribution < 1.29 is 24.5 Å². The second-order valence-corrected chi connectivity index (χ2v) is 7.35. The molecule has 3 rings (SSSR count).